The summed E-state index contributed by atoms with van der Waals surface area (Å²) in [5.74, 6) is -0.528. The van der Waals surface area contributed by atoms with Crippen molar-refractivity contribution in [3.63, 3.8) is 0 Å². The van der Waals surface area contributed by atoms with Crippen LogP contribution in [0, 0.1) is 0 Å². The van der Waals surface area contributed by atoms with E-state index < -0.39 is 15.9 Å². The van der Waals surface area contributed by atoms with Gasteiger partial charge in [0.15, 0.2) is 5.11 Å². The smallest absolute Gasteiger partial charge is 0.254 e. The number of anilines is 1. The number of benzene rings is 2. The molecule has 0 spiro atoms. The zero-order valence-electron chi connectivity index (χ0n) is 12.9. The molecular weight excluding hydrogens is 460 g/mol. The van der Waals surface area contributed by atoms with Crippen molar-refractivity contribution in [1.82, 2.24) is 10.6 Å². The predicted octanol–water partition coefficient (Wildman–Crippen LogP) is 5.41. The summed E-state index contributed by atoms with van der Waals surface area (Å²) in [5, 5.41) is 9.00. The van der Waals surface area contributed by atoms with Crippen LogP contribution < -0.4 is 16.0 Å². The first-order valence-corrected chi connectivity index (χ1v) is 9.42. The fraction of sp³-hybridized carbons (Fsp3) is 0.125. The molecule has 0 radical (unpaired) electrons. The summed E-state index contributed by atoms with van der Waals surface area (Å²) in [6, 6.07) is 13.5. The molecule has 0 saturated carbocycles. The van der Waals surface area contributed by atoms with Gasteiger partial charge in [-0.3, -0.25) is 4.79 Å². The first-order valence-electron chi connectivity index (χ1n) is 7.12. The van der Waals surface area contributed by atoms with Gasteiger partial charge in [-0.25, -0.2) is 0 Å². The molecule has 0 aromatic heterocycles. The Morgan fingerprint density at radius 1 is 0.923 bits per heavy atom. The molecule has 1 amide bonds. The van der Waals surface area contributed by atoms with E-state index in [1.165, 1.54) is 0 Å². The Hall–Kier alpha value is -0.950. The maximum Gasteiger partial charge on any atom is 0.254 e. The summed E-state index contributed by atoms with van der Waals surface area (Å²) in [4.78, 5) is 12.4. The van der Waals surface area contributed by atoms with Gasteiger partial charge in [-0.2, -0.15) is 0 Å². The highest BCUT2D eigenvalue weighted by Gasteiger charge is 2.35. The molecule has 0 fully saturated rings. The van der Waals surface area contributed by atoms with Crippen molar-refractivity contribution >= 4 is 86.9 Å². The summed E-state index contributed by atoms with van der Waals surface area (Å²) in [6.07, 6.45) is -1.13. The lowest BCUT2D eigenvalue weighted by atomic mass is 10.2. The van der Waals surface area contributed by atoms with Gasteiger partial charge in [0.25, 0.3) is 5.91 Å². The average molecular weight is 472 g/mol. The van der Waals surface area contributed by atoms with E-state index in [2.05, 4.69) is 16.0 Å². The highest BCUT2D eigenvalue weighted by molar-refractivity contribution is 7.80. The summed E-state index contributed by atoms with van der Waals surface area (Å²) in [5.41, 5.74) is 0.798. The molecule has 2 aromatic rings. The Bertz CT molecular complexity index is 812. The van der Waals surface area contributed by atoms with E-state index in [1.807, 2.05) is 0 Å². The molecule has 0 saturated heterocycles. The molecule has 4 nitrogen and oxygen atoms in total. The maximum atomic E-state index is 12.4. The molecule has 2 rings (SSSR count). The third-order valence-electron chi connectivity index (χ3n) is 3.12. The zero-order chi connectivity index (χ0) is 19.3. The number of amides is 1. The highest BCUT2D eigenvalue weighted by Crippen LogP contribution is 2.30. The number of para-hydroxylation sites is 1. The number of carbonyl (C=O) groups excluding carboxylic acids is 1. The molecular formula is C16H12Cl5N3OS. The molecule has 2 aromatic carbocycles. The molecule has 26 heavy (non-hydrogen) atoms. The standard InChI is InChI=1S/C16H12Cl5N3OS/c17-10-6-2-1-5-9(10)13(25)23-14(16(19,20)21)24-15(26)22-12-8-4-3-7-11(12)18/h1-8,14H,(H,23,25)(H2,22,24,26). The van der Waals surface area contributed by atoms with Crippen LogP contribution in [0.4, 0.5) is 5.69 Å². The molecule has 0 aliphatic heterocycles. The Kier molecular flexibility index (Phi) is 7.64. The van der Waals surface area contributed by atoms with Crippen molar-refractivity contribution < 1.29 is 4.79 Å². The lowest BCUT2D eigenvalue weighted by molar-refractivity contribution is 0.0934. The van der Waals surface area contributed by atoms with E-state index in [-0.39, 0.29) is 15.7 Å². The Morgan fingerprint density at radius 2 is 1.50 bits per heavy atom. The fourth-order valence-electron chi connectivity index (χ4n) is 1.91. The normalized spacial score (nSPS) is 12.2. The maximum absolute atomic E-state index is 12.4. The molecule has 0 heterocycles. The number of carbonyl (C=O) groups is 1. The number of hydrogen-bond donors (Lipinski definition) is 3. The number of halogens is 5. The van der Waals surface area contributed by atoms with Crippen LogP contribution in [-0.4, -0.2) is 21.0 Å². The molecule has 10 heteroatoms. The van der Waals surface area contributed by atoms with Gasteiger partial charge in [0.2, 0.25) is 3.79 Å². The first-order chi connectivity index (χ1) is 12.2. The summed E-state index contributed by atoms with van der Waals surface area (Å²) < 4.78 is -1.89. The molecule has 0 aliphatic rings. The number of thiocarbonyl (C=S) groups is 1. The van der Waals surface area contributed by atoms with E-state index in [1.54, 1.807) is 48.5 Å². The Labute approximate surface area is 181 Å². The summed E-state index contributed by atoms with van der Waals surface area (Å²) in [6.45, 7) is 0. The van der Waals surface area contributed by atoms with Gasteiger partial charge in [-0.1, -0.05) is 82.3 Å². The fourth-order valence-corrected chi connectivity index (χ4v) is 2.87. The molecule has 0 aliphatic carbocycles. The van der Waals surface area contributed by atoms with Crippen LogP contribution in [-0.2, 0) is 0 Å². The van der Waals surface area contributed by atoms with Crippen molar-refractivity contribution in [2.24, 2.45) is 0 Å². The topological polar surface area (TPSA) is 53.2 Å². The number of rotatable bonds is 4. The van der Waals surface area contributed by atoms with Crippen LogP contribution in [0.3, 0.4) is 0 Å². The van der Waals surface area contributed by atoms with E-state index in [0.29, 0.717) is 10.7 Å². The minimum atomic E-state index is -1.89. The highest BCUT2D eigenvalue weighted by atomic mass is 35.6. The minimum Gasteiger partial charge on any atom is -0.339 e. The molecule has 1 atom stereocenters. The van der Waals surface area contributed by atoms with Crippen molar-refractivity contribution in [2.45, 2.75) is 9.96 Å². The van der Waals surface area contributed by atoms with Crippen LogP contribution >= 0.6 is 70.2 Å². The van der Waals surface area contributed by atoms with E-state index in [9.17, 15) is 4.79 Å². The van der Waals surface area contributed by atoms with Crippen molar-refractivity contribution in [3.05, 3.63) is 64.1 Å². The monoisotopic (exact) mass is 469 g/mol. The summed E-state index contributed by atoms with van der Waals surface area (Å²) in [7, 11) is 0. The van der Waals surface area contributed by atoms with Gasteiger partial charge in [-0.15, -0.1) is 0 Å². The Morgan fingerprint density at radius 3 is 2.08 bits per heavy atom. The number of nitrogens with one attached hydrogen (secondary N) is 3. The number of alkyl halides is 3. The first kappa shape index (κ1) is 21.4. The van der Waals surface area contributed by atoms with Gasteiger partial charge in [0.1, 0.15) is 6.17 Å². The van der Waals surface area contributed by atoms with Crippen LogP contribution in [0.15, 0.2) is 48.5 Å². The van der Waals surface area contributed by atoms with E-state index in [4.69, 9.17) is 70.2 Å². The summed E-state index contributed by atoms with van der Waals surface area (Å²) >= 11 is 35.1. The van der Waals surface area contributed by atoms with Crippen LogP contribution in [0.5, 0.6) is 0 Å². The van der Waals surface area contributed by atoms with E-state index >= 15 is 0 Å². The van der Waals surface area contributed by atoms with Gasteiger partial charge in [-0.05, 0) is 36.5 Å². The van der Waals surface area contributed by atoms with Crippen LogP contribution in [0.25, 0.3) is 0 Å². The second-order valence-corrected chi connectivity index (χ2v) is 8.60. The van der Waals surface area contributed by atoms with Crippen LogP contribution in [0.1, 0.15) is 10.4 Å². The van der Waals surface area contributed by atoms with Gasteiger partial charge < -0.3 is 16.0 Å². The SMILES string of the molecule is O=C(NC(NC(=S)Nc1ccccc1Cl)C(Cl)(Cl)Cl)c1ccccc1Cl. The second kappa shape index (κ2) is 9.31. The third kappa shape index (κ3) is 6.05. The van der Waals surface area contributed by atoms with Gasteiger partial charge in [0.05, 0.1) is 21.3 Å². The predicted molar refractivity (Wildman–Crippen MR) is 114 cm³/mol. The van der Waals surface area contributed by atoms with Gasteiger partial charge >= 0.3 is 0 Å². The second-order valence-electron chi connectivity index (χ2n) is 5.01. The molecule has 0 bridgehead atoms. The van der Waals surface area contributed by atoms with E-state index in [0.717, 1.165) is 0 Å². The molecule has 3 N–H and O–H groups in total. The minimum absolute atomic E-state index is 0.105. The zero-order valence-corrected chi connectivity index (χ0v) is 17.5. The third-order valence-corrected chi connectivity index (χ3v) is 4.65. The largest absolute Gasteiger partial charge is 0.339 e. The van der Waals surface area contributed by atoms with Gasteiger partial charge in [0, 0.05) is 0 Å². The lowest BCUT2D eigenvalue weighted by Gasteiger charge is -2.28. The Balaban J connectivity index is 2.10. The van der Waals surface area contributed by atoms with Crippen molar-refractivity contribution in [1.29, 1.82) is 0 Å². The van der Waals surface area contributed by atoms with Crippen molar-refractivity contribution in [3.8, 4) is 0 Å². The van der Waals surface area contributed by atoms with Crippen LogP contribution in [0.2, 0.25) is 10.0 Å². The number of hydrogen-bond acceptors (Lipinski definition) is 2. The molecule has 1 unspecified atom stereocenters. The quantitative estimate of drug-likeness (QED) is 0.317. The van der Waals surface area contributed by atoms with Crippen molar-refractivity contribution in [2.75, 3.05) is 5.32 Å². The molecule has 138 valence electrons. The lowest BCUT2D eigenvalue weighted by Crippen LogP contribution is -2.56. The average Bonchev–Trinajstić information content (AvgIpc) is 2.56.